The first-order valence-electron chi connectivity index (χ1n) is 13.0. The molecule has 0 radical (unpaired) electrons. The van der Waals surface area contributed by atoms with Crippen LogP contribution in [0.3, 0.4) is 0 Å². The first-order chi connectivity index (χ1) is 17.8. The van der Waals surface area contributed by atoms with Crippen LogP contribution in [0, 0.1) is 11.6 Å². The molecule has 0 saturated carbocycles. The highest BCUT2D eigenvalue weighted by molar-refractivity contribution is 5.83. The fraction of sp³-hybridized carbons (Fsp3) is 0.483. The number of carbonyl (C=O) groups is 1. The zero-order valence-corrected chi connectivity index (χ0v) is 21.5. The van der Waals surface area contributed by atoms with Gasteiger partial charge in [-0.25, -0.2) is 18.0 Å². The van der Waals surface area contributed by atoms with Crippen molar-refractivity contribution < 1.29 is 23.1 Å². The Balaban J connectivity index is 1.66. The highest BCUT2D eigenvalue weighted by Crippen LogP contribution is 2.41. The Labute approximate surface area is 217 Å². The molecule has 200 valence electrons. The van der Waals surface area contributed by atoms with Gasteiger partial charge in [0.15, 0.2) is 0 Å². The molecule has 1 fully saturated rings. The normalized spacial score (nSPS) is 24.6. The second kappa shape index (κ2) is 11.7. The number of alkyl halides is 1. The number of likely N-dealkylation sites (tertiary alicyclic amines) is 1. The zero-order chi connectivity index (χ0) is 26.6. The van der Waals surface area contributed by atoms with E-state index >= 15 is 0 Å². The van der Waals surface area contributed by atoms with E-state index in [-0.39, 0.29) is 30.2 Å². The smallest absolute Gasteiger partial charge is 0.321 e. The van der Waals surface area contributed by atoms with Gasteiger partial charge < -0.3 is 14.9 Å². The minimum absolute atomic E-state index is 0.0147. The topological polar surface area (TPSA) is 47.0 Å². The molecule has 0 bridgehead atoms. The van der Waals surface area contributed by atoms with Gasteiger partial charge in [-0.05, 0) is 67.6 Å². The molecule has 0 aromatic heterocycles. The summed E-state index contributed by atoms with van der Waals surface area (Å²) in [6.45, 7) is 2.78. The van der Waals surface area contributed by atoms with Gasteiger partial charge in [-0.3, -0.25) is 4.90 Å². The maximum absolute atomic E-state index is 14.8. The van der Waals surface area contributed by atoms with Crippen LogP contribution in [0.15, 0.2) is 54.6 Å². The quantitative estimate of drug-likeness (QED) is 0.551. The van der Waals surface area contributed by atoms with Crippen LogP contribution in [-0.4, -0.2) is 77.9 Å². The largest absolute Gasteiger partial charge is 0.393 e. The van der Waals surface area contributed by atoms with Crippen LogP contribution in [0.25, 0.3) is 5.57 Å². The Morgan fingerprint density at radius 3 is 2.57 bits per heavy atom. The predicted octanol–water partition coefficient (Wildman–Crippen LogP) is 5.21. The van der Waals surface area contributed by atoms with Gasteiger partial charge in [0.25, 0.3) is 0 Å². The SMILES string of the molecule is CCCN1CCC(N(C)C(=O)N2CC(c3cc(F)ccc3F)=C[C@@]2(CO)c2ccccc2)CCC1CF. The van der Waals surface area contributed by atoms with Gasteiger partial charge in [0.2, 0.25) is 0 Å². The van der Waals surface area contributed by atoms with E-state index in [1.54, 1.807) is 22.9 Å². The number of benzene rings is 2. The molecule has 3 atom stereocenters. The second-order valence-electron chi connectivity index (χ2n) is 10.1. The average molecular weight is 516 g/mol. The Bertz CT molecular complexity index is 1110. The number of halogens is 3. The highest BCUT2D eigenvalue weighted by atomic mass is 19.1. The summed E-state index contributed by atoms with van der Waals surface area (Å²) in [6, 6.07) is 11.8. The Hall–Kier alpha value is -2.84. The third kappa shape index (κ3) is 5.41. The maximum Gasteiger partial charge on any atom is 0.321 e. The molecule has 2 aliphatic rings. The number of hydrogen-bond donors (Lipinski definition) is 1. The van der Waals surface area contributed by atoms with Crippen molar-refractivity contribution in [1.82, 2.24) is 14.7 Å². The van der Waals surface area contributed by atoms with Crippen molar-refractivity contribution in [1.29, 1.82) is 0 Å². The monoisotopic (exact) mass is 515 g/mol. The fourth-order valence-corrected chi connectivity index (χ4v) is 5.76. The zero-order valence-electron chi connectivity index (χ0n) is 21.5. The van der Waals surface area contributed by atoms with E-state index in [1.807, 2.05) is 30.3 Å². The van der Waals surface area contributed by atoms with Gasteiger partial charge in [-0.1, -0.05) is 37.3 Å². The number of carbonyl (C=O) groups excluding carboxylic acids is 1. The van der Waals surface area contributed by atoms with Crippen molar-refractivity contribution in [2.75, 3.05) is 40.0 Å². The van der Waals surface area contributed by atoms with E-state index < -0.39 is 30.5 Å². The van der Waals surface area contributed by atoms with E-state index in [0.717, 1.165) is 31.2 Å². The van der Waals surface area contributed by atoms with Gasteiger partial charge in [0.1, 0.15) is 23.8 Å². The molecule has 2 aliphatic heterocycles. The van der Waals surface area contributed by atoms with E-state index in [4.69, 9.17) is 0 Å². The standard InChI is InChI=1S/C29H36F3N3O2/c1-3-14-34-15-13-24(10-11-25(34)18-30)33(2)28(37)35-19-21(26-16-23(31)9-12-27(26)32)17-29(35,20-36)22-7-5-4-6-8-22/h4-9,12,16-17,24-25,36H,3,10-11,13-15,18-20H2,1-2H3/t24?,25?,29-/m1/s1. The molecule has 1 N–H and O–H groups in total. The number of aliphatic hydroxyl groups excluding tert-OH is 1. The number of rotatable bonds is 7. The van der Waals surface area contributed by atoms with Crippen LogP contribution < -0.4 is 0 Å². The molecule has 1 saturated heterocycles. The molecule has 0 spiro atoms. The van der Waals surface area contributed by atoms with E-state index in [1.165, 1.54) is 0 Å². The highest BCUT2D eigenvalue weighted by Gasteiger charge is 2.46. The fourth-order valence-electron chi connectivity index (χ4n) is 5.76. The molecule has 5 nitrogen and oxygen atoms in total. The first-order valence-corrected chi connectivity index (χ1v) is 13.0. The Morgan fingerprint density at radius 2 is 1.89 bits per heavy atom. The van der Waals surface area contributed by atoms with E-state index in [2.05, 4.69) is 11.8 Å². The van der Waals surface area contributed by atoms with Crippen molar-refractivity contribution in [3.05, 3.63) is 77.4 Å². The number of urea groups is 1. The minimum Gasteiger partial charge on any atom is -0.393 e. The summed E-state index contributed by atoms with van der Waals surface area (Å²) in [4.78, 5) is 19.4. The Kier molecular flexibility index (Phi) is 8.60. The lowest BCUT2D eigenvalue weighted by Gasteiger charge is -2.41. The van der Waals surface area contributed by atoms with Crippen molar-refractivity contribution in [2.45, 2.75) is 50.2 Å². The summed E-state index contributed by atoms with van der Waals surface area (Å²) >= 11 is 0. The Morgan fingerprint density at radius 1 is 1.14 bits per heavy atom. The summed E-state index contributed by atoms with van der Waals surface area (Å²) in [5.41, 5.74) is -0.0499. The molecular formula is C29H36F3N3O2. The summed E-state index contributed by atoms with van der Waals surface area (Å²) < 4.78 is 42.5. The third-order valence-corrected chi connectivity index (χ3v) is 7.88. The van der Waals surface area contributed by atoms with Crippen LogP contribution in [0.2, 0.25) is 0 Å². The summed E-state index contributed by atoms with van der Waals surface area (Å²) in [5, 5.41) is 10.7. The number of hydrogen-bond acceptors (Lipinski definition) is 3. The lowest BCUT2D eigenvalue weighted by atomic mass is 9.89. The molecule has 2 amide bonds. The second-order valence-corrected chi connectivity index (χ2v) is 10.1. The lowest BCUT2D eigenvalue weighted by molar-refractivity contribution is 0.0776. The van der Waals surface area contributed by atoms with E-state index in [9.17, 15) is 23.1 Å². The number of nitrogens with zero attached hydrogens (tertiary/aromatic N) is 3. The lowest BCUT2D eigenvalue weighted by Crippen LogP contribution is -2.54. The van der Waals surface area contributed by atoms with Gasteiger partial charge in [0.05, 0.1) is 6.61 Å². The van der Waals surface area contributed by atoms with Crippen LogP contribution in [0.4, 0.5) is 18.0 Å². The molecule has 2 unspecified atom stereocenters. The number of aliphatic hydroxyl groups is 1. The van der Waals surface area contributed by atoms with Gasteiger partial charge in [-0.15, -0.1) is 0 Å². The van der Waals surface area contributed by atoms with Crippen LogP contribution >= 0.6 is 0 Å². The van der Waals surface area contributed by atoms with Crippen molar-refractivity contribution in [2.24, 2.45) is 0 Å². The van der Waals surface area contributed by atoms with E-state index in [0.29, 0.717) is 36.9 Å². The maximum atomic E-state index is 14.8. The molecule has 2 aromatic carbocycles. The molecular weight excluding hydrogens is 479 g/mol. The van der Waals surface area contributed by atoms with Crippen molar-refractivity contribution in [3.8, 4) is 0 Å². The average Bonchev–Trinajstić information content (AvgIpc) is 3.20. The predicted molar refractivity (Wildman–Crippen MR) is 139 cm³/mol. The molecule has 37 heavy (non-hydrogen) atoms. The molecule has 2 aromatic rings. The van der Waals surface area contributed by atoms with Crippen molar-refractivity contribution >= 4 is 11.6 Å². The number of amides is 2. The van der Waals surface area contributed by atoms with Crippen molar-refractivity contribution in [3.63, 3.8) is 0 Å². The molecule has 8 heteroatoms. The van der Waals surface area contributed by atoms with Crippen LogP contribution in [0.1, 0.15) is 43.7 Å². The summed E-state index contributed by atoms with van der Waals surface area (Å²) in [5.74, 6) is -1.17. The van der Waals surface area contributed by atoms with Gasteiger partial charge in [0, 0.05) is 37.8 Å². The molecule has 4 rings (SSSR count). The summed E-state index contributed by atoms with van der Waals surface area (Å²) in [6.07, 6.45) is 4.65. The minimum atomic E-state index is -1.23. The molecule has 2 heterocycles. The molecule has 0 aliphatic carbocycles. The third-order valence-electron chi connectivity index (χ3n) is 7.88. The van der Waals surface area contributed by atoms with Gasteiger partial charge >= 0.3 is 6.03 Å². The van der Waals surface area contributed by atoms with Gasteiger partial charge in [-0.2, -0.15) is 0 Å². The van der Waals surface area contributed by atoms with Crippen LogP contribution in [-0.2, 0) is 5.54 Å². The first kappa shape index (κ1) is 27.2. The summed E-state index contributed by atoms with van der Waals surface area (Å²) in [7, 11) is 1.74. The van der Waals surface area contributed by atoms with Crippen LogP contribution in [0.5, 0.6) is 0 Å².